The van der Waals surface area contributed by atoms with Crippen molar-refractivity contribution in [1.82, 2.24) is 0 Å². The number of rotatable bonds is 1. The maximum absolute atomic E-state index is 2.25. The number of hydrogen-bond donors (Lipinski definition) is 0. The predicted octanol–water partition coefficient (Wildman–Crippen LogP) is 4.99. The second-order valence-electron chi connectivity index (χ2n) is 5.23. The van der Waals surface area contributed by atoms with Crippen LogP contribution in [0.3, 0.4) is 0 Å². The standard InChI is InChI=1S/C12H10.C5H12/c1-3-9-4-2-6-11-8-7-10(5-1)12(9)11;1-4-5(2)3/h1-6H,7-8H2;5H,4H2,1-3H3. The summed E-state index contributed by atoms with van der Waals surface area (Å²) < 4.78 is 0. The van der Waals surface area contributed by atoms with Crippen LogP contribution in [-0.4, -0.2) is 0 Å². The van der Waals surface area contributed by atoms with Gasteiger partial charge >= 0.3 is 0 Å². The highest BCUT2D eigenvalue weighted by molar-refractivity contribution is 5.90. The lowest BCUT2D eigenvalue weighted by Gasteiger charge is -1.99. The van der Waals surface area contributed by atoms with Crippen molar-refractivity contribution in [1.29, 1.82) is 0 Å². The van der Waals surface area contributed by atoms with Gasteiger partial charge < -0.3 is 0 Å². The first-order chi connectivity index (χ1) is 8.22. The Hall–Kier alpha value is -1.30. The van der Waals surface area contributed by atoms with Crippen molar-refractivity contribution in [3.8, 4) is 0 Å². The third-order valence-corrected chi connectivity index (χ3v) is 3.56. The van der Waals surface area contributed by atoms with E-state index in [-0.39, 0.29) is 0 Å². The van der Waals surface area contributed by atoms with Gasteiger partial charge in [0.2, 0.25) is 0 Å². The normalized spacial score (nSPS) is 12.7. The van der Waals surface area contributed by atoms with Crippen molar-refractivity contribution >= 4 is 10.8 Å². The van der Waals surface area contributed by atoms with Gasteiger partial charge in [-0.25, -0.2) is 0 Å². The SMILES string of the molecule is CCC(C)C.c1cc2c3c(cccc3c1)CC2. The zero-order valence-electron chi connectivity index (χ0n) is 11.2. The number of hydrogen-bond acceptors (Lipinski definition) is 0. The Kier molecular flexibility index (Phi) is 3.83. The van der Waals surface area contributed by atoms with Crippen molar-refractivity contribution in [3.63, 3.8) is 0 Å². The summed E-state index contributed by atoms with van der Waals surface area (Å²) in [5.74, 6) is 0.884. The Labute approximate surface area is 105 Å². The Morgan fingerprint density at radius 2 is 1.41 bits per heavy atom. The zero-order valence-corrected chi connectivity index (χ0v) is 11.2. The molecule has 0 N–H and O–H groups in total. The molecule has 0 atom stereocenters. The first-order valence-corrected chi connectivity index (χ1v) is 6.72. The molecule has 0 saturated heterocycles. The molecule has 0 heteroatoms. The molecule has 0 spiro atoms. The number of aryl methyl sites for hydroxylation is 2. The van der Waals surface area contributed by atoms with Crippen molar-refractivity contribution in [3.05, 3.63) is 47.5 Å². The fraction of sp³-hybridized carbons (Fsp3) is 0.412. The van der Waals surface area contributed by atoms with Gasteiger partial charge in [0.25, 0.3) is 0 Å². The van der Waals surface area contributed by atoms with E-state index in [1.807, 2.05) is 0 Å². The molecule has 0 aliphatic heterocycles. The molecule has 17 heavy (non-hydrogen) atoms. The van der Waals surface area contributed by atoms with Gasteiger partial charge in [-0.1, -0.05) is 63.6 Å². The number of benzene rings is 2. The van der Waals surface area contributed by atoms with Gasteiger partial charge in [-0.2, -0.15) is 0 Å². The molecule has 2 aromatic carbocycles. The van der Waals surface area contributed by atoms with E-state index in [0.29, 0.717) is 0 Å². The van der Waals surface area contributed by atoms with Crippen LogP contribution in [0.4, 0.5) is 0 Å². The van der Waals surface area contributed by atoms with Crippen molar-refractivity contribution in [2.45, 2.75) is 40.0 Å². The second-order valence-corrected chi connectivity index (χ2v) is 5.23. The summed E-state index contributed by atoms with van der Waals surface area (Å²) in [5, 5.41) is 2.92. The molecule has 2 aromatic rings. The van der Waals surface area contributed by atoms with Gasteiger partial charge in [-0.3, -0.25) is 0 Å². The second kappa shape index (κ2) is 5.35. The molecule has 1 aliphatic carbocycles. The molecule has 1 aliphatic rings. The Morgan fingerprint density at radius 1 is 0.941 bits per heavy atom. The van der Waals surface area contributed by atoms with Gasteiger partial charge in [0.15, 0.2) is 0 Å². The maximum Gasteiger partial charge on any atom is -0.0120 e. The fourth-order valence-electron chi connectivity index (χ4n) is 2.19. The highest BCUT2D eigenvalue weighted by Crippen LogP contribution is 2.29. The highest BCUT2D eigenvalue weighted by Gasteiger charge is 2.11. The summed E-state index contributed by atoms with van der Waals surface area (Å²) in [6, 6.07) is 13.2. The molecule has 0 bridgehead atoms. The lowest BCUT2D eigenvalue weighted by Crippen LogP contribution is -1.77. The van der Waals surface area contributed by atoms with Crippen LogP contribution in [0.15, 0.2) is 36.4 Å². The third kappa shape index (κ3) is 2.69. The average Bonchev–Trinajstić information content (AvgIpc) is 2.76. The first kappa shape index (κ1) is 12.2. The van der Waals surface area contributed by atoms with E-state index >= 15 is 0 Å². The smallest absolute Gasteiger partial charge is 0.0120 e. The molecule has 0 aromatic heterocycles. The molecule has 0 heterocycles. The van der Waals surface area contributed by atoms with E-state index in [0.717, 1.165) is 5.92 Å². The maximum atomic E-state index is 2.25. The summed E-state index contributed by atoms with van der Waals surface area (Å²) in [6.07, 6.45) is 3.77. The monoisotopic (exact) mass is 226 g/mol. The summed E-state index contributed by atoms with van der Waals surface area (Å²) in [7, 11) is 0. The quantitative estimate of drug-likeness (QED) is 0.642. The van der Waals surface area contributed by atoms with Crippen LogP contribution >= 0.6 is 0 Å². The molecule has 3 rings (SSSR count). The molecule has 0 nitrogen and oxygen atoms in total. The van der Waals surface area contributed by atoms with Gasteiger partial charge in [-0.05, 0) is 40.7 Å². The molecule has 0 fully saturated rings. The van der Waals surface area contributed by atoms with Crippen LogP contribution < -0.4 is 0 Å². The van der Waals surface area contributed by atoms with Crippen LogP contribution in [0, 0.1) is 5.92 Å². The van der Waals surface area contributed by atoms with Crippen molar-refractivity contribution in [2.24, 2.45) is 5.92 Å². The van der Waals surface area contributed by atoms with E-state index in [1.165, 1.54) is 41.2 Å². The van der Waals surface area contributed by atoms with Gasteiger partial charge in [0.1, 0.15) is 0 Å². The van der Waals surface area contributed by atoms with Crippen LogP contribution in [0.25, 0.3) is 10.8 Å². The largest absolute Gasteiger partial charge is 0.0651 e. The minimum absolute atomic E-state index is 0.884. The van der Waals surface area contributed by atoms with Crippen molar-refractivity contribution < 1.29 is 0 Å². The highest BCUT2D eigenvalue weighted by atomic mass is 14.2. The zero-order chi connectivity index (χ0) is 12.3. The molecule has 0 unspecified atom stereocenters. The fourth-order valence-corrected chi connectivity index (χ4v) is 2.19. The van der Waals surface area contributed by atoms with Gasteiger partial charge in [0, 0.05) is 0 Å². The molecular weight excluding hydrogens is 204 g/mol. The Morgan fingerprint density at radius 3 is 1.82 bits per heavy atom. The lowest BCUT2D eigenvalue weighted by molar-refractivity contribution is 0.626. The van der Waals surface area contributed by atoms with E-state index in [4.69, 9.17) is 0 Å². The van der Waals surface area contributed by atoms with Crippen LogP contribution in [0.2, 0.25) is 0 Å². The molecular formula is C17H22. The van der Waals surface area contributed by atoms with Crippen LogP contribution in [0.5, 0.6) is 0 Å². The van der Waals surface area contributed by atoms with E-state index in [2.05, 4.69) is 57.2 Å². The van der Waals surface area contributed by atoms with Crippen molar-refractivity contribution in [2.75, 3.05) is 0 Å². The summed E-state index contributed by atoms with van der Waals surface area (Å²) >= 11 is 0. The molecule has 90 valence electrons. The van der Waals surface area contributed by atoms with E-state index < -0.39 is 0 Å². The Bertz CT molecular complexity index is 456. The third-order valence-electron chi connectivity index (χ3n) is 3.56. The molecule has 0 amide bonds. The minimum Gasteiger partial charge on any atom is -0.0651 e. The summed E-state index contributed by atoms with van der Waals surface area (Å²) in [4.78, 5) is 0. The Balaban J connectivity index is 0.000000188. The minimum atomic E-state index is 0.884. The topological polar surface area (TPSA) is 0 Å². The van der Waals surface area contributed by atoms with E-state index in [9.17, 15) is 0 Å². The average molecular weight is 226 g/mol. The van der Waals surface area contributed by atoms with Gasteiger partial charge in [-0.15, -0.1) is 0 Å². The summed E-state index contributed by atoms with van der Waals surface area (Å²) in [5.41, 5.74) is 3.06. The van der Waals surface area contributed by atoms with Gasteiger partial charge in [0.05, 0.1) is 0 Å². The predicted molar refractivity (Wildman–Crippen MR) is 76.5 cm³/mol. The summed E-state index contributed by atoms with van der Waals surface area (Å²) in [6.45, 7) is 6.64. The van der Waals surface area contributed by atoms with Crippen LogP contribution in [-0.2, 0) is 12.8 Å². The molecule has 0 radical (unpaired) electrons. The molecule has 0 saturated carbocycles. The first-order valence-electron chi connectivity index (χ1n) is 6.72. The van der Waals surface area contributed by atoms with Crippen LogP contribution in [0.1, 0.15) is 38.3 Å². The van der Waals surface area contributed by atoms with E-state index in [1.54, 1.807) is 0 Å². The lowest BCUT2D eigenvalue weighted by atomic mass is 10.1.